The molecular weight excluding hydrogens is 248 g/mol. The summed E-state index contributed by atoms with van der Waals surface area (Å²) in [5, 5.41) is 0. The second-order valence-electron chi connectivity index (χ2n) is 4.07. The van der Waals surface area contributed by atoms with Gasteiger partial charge >= 0.3 is 11.6 Å². The zero-order valence-electron chi connectivity index (χ0n) is 9.84. The Morgan fingerprint density at radius 1 is 1.61 bits per heavy atom. The van der Waals surface area contributed by atoms with E-state index in [2.05, 4.69) is 4.98 Å². The maximum atomic E-state index is 14.0. The number of methoxy groups -OCH3 is 1. The summed E-state index contributed by atoms with van der Waals surface area (Å²) < 4.78 is 38.6. The highest BCUT2D eigenvalue weighted by Crippen LogP contribution is 2.43. The van der Waals surface area contributed by atoms with Gasteiger partial charge in [-0.3, -0.25) is 4.57 Å². The Hall–Kier alpha value is -1.54. The van der Waals surface area contributed by atoms with Crippen LogP contribution in [0.25, 0.3) is 0 Å². The van der Waals surface area contributed by atoms with Crippen molar-refractivity contribution in [1.29, 1.82) is 0 Å². The van der Waals surface area contributed by atoms with E-state index in [1.54, 1.807) is 0 Å². The third-order valence-electron chi connectivity index (χ3n) is 2.84. The van der Waals surface area contributed by atoms with Crippen LogP contribution in [-0.2, 0) is 9.47 Å². The molecule has 2 unspecified atom stereocenters. The summed E-state index contributed by atoms with van der Waals surface area (Å²) in [7, 11) is 1.17. The van der Waals surface area contributed by atoms with Crippen LogP contribution in [0.4, 0.5) is 14.6 Å². The number of rotatable bonds is 2. The third kappa shape index (κ3) is 1.87. The third-order valence-corrected chi connectivity index (χ3v) is 2.84. The second kappa shape index (κ2) is 4.29. The fourth-order valence-corrected chi connectivity index (χ4v) is 2.02. The van der Waals surface area contributed by atoms with Crippen molar-refractivity contribution in [3.05, 3.63) is 22.7 Å². The normalized spacial score (nSPS) is 30.6. The molecular formula is C10H13F2N3O3. The summed E-state index contributed by atoms with van der Waals surface area (Å²) >= 11 is 0. The quantitative estimate of drug-likeness (QED) is 0.833. The lowest BCUT2D eigenvalue weighted by Gasteiger charge is -2.22. The fourth-order valence-electron chi connectivity index (χ4n) is 2.02. The van der Waals surface area contributed by atoms with Crippen molar-refractivity contribution < 1.29 is 18.3 Å². The van der Waals surface area contributed by atoms with Gasteiger partial charge in [-0.1, -0.05) is 0 Å². The molecule has 1 aromatic rings. The first kappa shape index (κ1) is 12.9. The zero-order chi connectivity index (χ0) is 13.5. The summed E-state index contributed by atoms with van der Waals surface area (Å²) in [6.45, 7) is 1.46. The van der Waals surface area contributed by atoms with Crippen LogP contribution in [0, 0.1) is 0 Å². The Labute approximate surface area is 101 Å². The largest absolute Gasteiger partial charge is 0.383 e. The van der Waals surface area contributed by atoms with Gasteiger partial charge in [-0.25, -0.2) is 4.79 Å². The molecule has 0 radical (unpaired) electrons. The number of nitrogens with zero attached hydrogens (tertiary/aromatic N) is 2. The molecule has 2 N–H and O–H groups in total. The van der Waals surface area contributed by atoms with Gasteiger partial charge < -0.3 is 15.2 Å². The lowest BCUT2D eigenvalue weighted by atomic mass is 10.1. The molecule has 2 heterocycles. The molecule has 100 valence electrons. The predicted molar refractivity (Wildman–Crippen MR) is 58.2 cm³/mol. The number of anilines is 1. The highest BCUT2D eigenvalue weighted by atomic mass is 19.3. The molecule has 0 aromatic carbocycles. The first-order chi connectivity index (χ1) is 8.37. The molecule has 1 aliphatic rings. The number of hydrogen-bond acceptors (Lipinski definition) is 5. The Balaban J connectivity index is 2.43. The van der Waals surface area contributed by atoms with E-state index in [1.807, 2.05) is 0 Å². The van der Waals surface area contributed by atoms with Gasteiger partial charge in [0, 0.05) is 13.3 Å². The minimum Gasteiger partial charge on any atom is -0.383 e. The number of nitrogens with two attached hydrogens (primary N) is 1. The SMILES string of the molecule is CO[C@H]1C(C)OC(n2ccc(N)nc2=O)C1(F)F. The molecule has 1 aliphatic heterocycles. The van der Waals surface area contributed by atoms with E-state index in [1.165, 1.54) is 20.1 Å². The minimum atomic E-state index is -3.32. The van der Waals surface area contributed by atoms with Crippen LogP contribution in [0.15, 0.2) is 17.1 Å². The van der Waals surface area contributed by atoms with E-state index in [9.17, 15) is 13.6 Å². The lowest BCUT2D eigenvalue weighted by molar-refractivity contribution is -0.147. The summed E-state index contributed by atoms with van der Waals surface area (Å²) in [5.74, 6) is -3.36. The first-order valence-corrected chi connectivity index (χ1v) is 5.28. The number of alkyl halides is 2. The zero-order valence-corrected chi connectivity index (χ0v) is 9.84. The summed E-state index contributed by atoms with van der Waals surface area (Å²) in [6, 6.07) is 1.26. The van der Waals surface area contributed by atoms with Gasteiger partial charge in [0.25, 0.3) is 0 Å². The molecule has 0 saturated carbocycles. The van der Waals surface area contributed by atoms with Crippen LogP contribution in [0.5, 0.6) is 0 Å². The van der Waals surface area contributed by atoms with E-state index in [-0.39, 0.29) is 5.82 Å². The smallest absolute Gasteiger partial charge is 0.351 e. The number of halogens is 2. The van der Waals surface area contributed by atoms with E-state index in [0.717, 1.165) is 6.20 Å². The molecule has 6 nitrogen and oxygen atoms in total. The van der Waals surface area contributed by atoms with Crippen LogP contribution in [-0.4, -0.2) is 34.8 Å². The van der Waals surface area contributed by atoms with Crippen LogP contribution >= 0.6 is 0 Å². The van der Waals surface area contributed by atoms with E-state index < -0.39 is 30.0 Å². The monoisotopic (exact) mass is 261 g/mol. The van der Waals surface area contributed by atoms with Gasteiger partial charge in [-0.15, -0.1) is 0 Å². The molecule has 8 heteroatoms. The molecule has 1 fully saturated rings. The van der Waals surface area contributed by atoms with Crippen molar-refractivity contribution in [3.8, 4) is 0 Å². The van der Waals surface area contributed by atoms with Crippen molar-refractivity contribution in [1.82, 2.24) is 9.55 Å². The van der Waals surface area contributed by atoms with Crippen LogP contribution in [0.3, 0.4) is 0 Å². The summed E-state index contributed by atoms with van der Waals surface area (Å²) in [6.07, 6.45) is -2.85. The molecule has 0 amide bonds. The van der Waals surface area contributed by atoms with Gasteiger partial charge in [0.15, 0.2) is 6.10 Å². The predicted octanol–water partition coefficient (Wildman–Crippen LogP) is 0.393. The van der Waals surface area contributed by atoms with Gasteiger partial charge in [0.2, 0.25) is 6.23 Å². The van der Waals surface area contributed by atoms with Crippen molar-refractivity contribution in [2.75, 3.05) is 12.8 Å². The number of hydrogen-bond donors (Lipinski definition) is 1. The highest BCUT2D eigenvalue weighted by molar-refractivity contribution is 5.23. The highest BCUT2D eigenvalue weighted by Gasteiger charge is 2.59. The standard InChI is InChI=1S/C10H13F2N3O3/c1-5-7(17-2)10(11,12)8(18-5)15-4-3-6(13)14-9(15)16/h3-5,7-8H,1-2H3,(H2,13,14,16)/t5?,7-,8?/m0/s1. The first-order valence-electron chi connectivity index (χ1n) is 5.28. The summed E-state index contributed by atoms with van der Waals surface area (Å²) in [4.78, 5) is 14.9. The topological polar surface area (TPSA) is 79.4 Å². The van der Waals surface area contributed by atoms with E-state index >= 15 is 0 Å². The van der Waals surface area contributed by atoms with Crippen LogP contribution < -0.4 is 11.4 Å². The average Bonchev–Trinajstić information content (AvgIpc) is 2.48. The molecule has 0 spiro atoms. The number of nitrogen functional groups attached to an aromatic ring is 1. The van der Waals surface area contributed by atoms with Gasteiger partial charge in [0.05, 0.1) is 6.10 Å². The van der Waals surface area contributed by atoms with Crippen LogP contribution in [0.2, 0.25) is 0 Å². The lowest BCUT2D eigenvalue weighted by Crippen LogP contribution is -2.42. The molecule has 3 atom stereocenters. The number of aromatic nitrogens is 2. The fraction of sp³-hybridized carbons (Fsp3) is 0.600. The molecule has 2 rings (SSSR count). The Bertz CT molecular complexity index is 505. The van der Waals surface area contributed by atoms with Gasteiger partial charge in [-0.2, -0.15) is 13.8 Å². The van der Waals surface area contributed by atoms with Crippen molar-refractivity contribution in [2.45, 2.75) is 31.3 Å². The minimum absolute atomic E-state index is 0.0334. The maximum Gasteiger partial charge on any atom is 0.351 e. The van der Waals surface area contributed by atoms with Crippen molar-refractivity contribution in [3.63, 3.8) is 0 Å². The van der Waals surface area contributed by atoms with E-state index in [0.29, 0.717) is 4.57 Å². The molecule has 18 heavy (non-hydrogen) atoms. The molecule has 0 bridgehead atoms. The number of ether oxygens (including phenoxy) is 2. The Morgan fingerprint density at radius 2 is 2.28 bits per heavy atom. The maximum absolute atomic E-state index is 14.0. The van der Waals surface area contributed by atoms with Gasteiger partial charge in [-0.05, 0) is 13.0 Å². The molecule has 0 aliphatic carbocycles. The average molecular weight is 261 g/mol. The molecule has 1 aromatic heterocycles. The summed E-state index contributed by atoms with van der Waals surface area (Å²) in [5.41, 5.74) is 4.41. The Kier molecular flexibility index (Phi) is 3.07. The van der Waals surface area contributed by atoms with Gasteiger partial charge in [0.1, 0.15) is 5.82 Å². The van der Waals surface area contributed by atoms with Crippen molar-refractivity contribution in [2.24, 2.45) is 0 Å². The second-order valence-corrected chi connectivity index (χ2v) is 4.07. The molecule has 1 saturated heterocycles. The Morgan fingerprint density at radius 3 is 2.78 bits per heavy atom. The van der Waals surface area contributed by atoms with Crippen LogP contribution in [0.1, 0.15) is 13.2 Å². The van der Waals surface area contributed by atoms with E-state index in [4.69, 9.17) is 15.2 Å². The van der Waals surface area contributed by atoms with Crippen molar-refractivity contribution >= 4 is 5.82 Å².